The normalized spacial score (nSPS) is 15.0. The standard InChI is InChI=1S/C31H39N7O4/c1-5-22-10-8-9-11-26(22)37(6-2)30(40)36-20-25-27(21-36)38(31(41)42-7-3)33-28(25)32-29(39)23-12-14-24(15-13-23)35-18-16-34(4)17-19-35/h8-15H,5-7,16-21H2,1-4H3,(H,32,33,39). The van der Waals surface area contributed by atoms with Crippen LogP contribution in [0.1, 0.15) is 48.0 Å². The Labute approximate surface area is 246 Å². The second kappa shape index (κ2) is 12.6. The predicted molar refractivity (Wildman–Crippen MR) is 162 cm³/mol. The first-order valence-corrected chi connectivity index (χ1v) is 14.6. The molecule has 0 saturated carbocycles. The third kappa shape index (κ3) is 5.82. The highest BCUT2D eigenvalue weighted by Gasteiger charge is 2.35. The lowest BCUT2D eigenvalue weighted by Crippen LogP contribution is -2.44. The maximum atomic E-state index is 13.8. The van der Waals surface area contributed by atoms with Crippen LogP contribution in [0, 0.1) is 0 Å². The number of likely N-dealkylation sites (N-methyl/N-ethyl adjacent to an activating group) is 1. The Bertz CT molecular complexity index is 1440. The monoisotopic (exact) mass is 573 g/mol. The van der Waals surface area contributed by atoms with E-state index in [0.29, 0.717) is 23.4 Å². The average molecular weight is 574 g/mol. The number of piperazine rings is 1. The Balaban J connectivity index is 1.36. The van der Waals surface area contributed by atoms with Crippen LogP contribution < -0.4 is 15.1 Å². The minimum Gasteiger partial charge on any atom is -0.448 e. The largest absolute Gasteiger partial charge is 0.448 e. The van der Waals surface area contributed by atoms with Gasteiger partial charge in [0.1, 0.15) is 0 Å². The Morgan fingerprint density at radius 3 is 2.33 bits per heavy atom. The summed E-state index contributed by atoms with van der Waals surface area (Å²) in [7, 11) is 2.12. The van der Waals surface area contributed by atoms with Gasteiger partial charge in [-0.15, -0.1) is 5.10 Å². The highest BCUT2D eigenvalue weighted by atomic mass is 16.6. The molecule has 0 aliphatic carbocycles. The molecular formula is C31H39N7O4. The number of nitrogens with zero attached hydrogens (tertiary/aromatic N) is 6. The minimum absolute atomic E-state index is 0.167. The summed E-state index contributed by atoms with van der Waals surface area (Å²) in [5.74, 6) is -0.0911. The van der Waals surface area contributed by atoms with E-state index in [-0.39, 0.29) is 37.5 Å². The van der Waals surface area contributed by atoms with Gasteiger partial charge in [-0.1, -0.05) is 25.1 Å². The molecule has 1 saturated heterocycles. The summed E-state index contributed by atoms with van der Waals surface area (Å²) in [4.78, 5) is 47.9. The molecule has 2 aromatic carbocycles. The number of amides is 3. The van der Waals surface area contributed by atoms with Crippen LogP contribution in [0.3, 0.4) is 0 Å². The van der Waals surface area contributed by atoms with Crippen molar-refractivity contribution >= 4 is 35.2 Å². The van der Waals surface area contributed by atoms with Crippen molar-refractivity contribution in [2.45, 2.75) is 40.3 Å². The van der Waals surface area contributed by atoms with E-state index in [4.69, 9.17) is 4.74 Å². The van der Waals surface area contributed by atoms with Gasteiger partial charge < -0.3 is 24.8 Å². The number of urea groups is 1. The van der Waals surface area contributed by atoms with Crippen molar-refractivity contribution in [3.05, 3.63) is 70.9 Å². The van der Waals surface area contributed by atoms with Gasteiger partial charge in [0.2, 0.25) is 0 Å². The van der Waals surface area contributed by atoms with E-state index in [2.05, 4.69) is 34.2 Å². The fourth-order valence-electron chi connectivity index (χ4n) is 5.53. The quantitative estimate of drug-likeness (QED) is 0.447. The number of rotatable bonds is 7. The summed E-state index contributed by atoms with van der Waals surface area (Å²) in [5.41, 5.74) is 4.65. The number of nitrogens with one attached hydrogen (secondary N) is 1. The lowest BCUT2D eigenvalue weighted by atomic mass is 10.1. The third-order valence-corrected chi connectivity index (χ3v) is 7.93. The molecule has 2 aliphatic rings. The number of ether oxygens (including phenoxy) is 1. The molecule has 1 fully saturated rings. The number of hydrogen-bond acceptors (Lipinski definition) is 7. The molecular weight excluding hydrogens is 534 g/mol. The van der Waals surface area contributed by atoms with Gasteiger partial charge in [-0.2, -0.15) is 4.68 Å². The van der Waals surface area contributed by atoms with Crippen molar-refractivity contribution in [1.82, 2.24) is 19.6 Å². The van der Waals surface area contributed by atoms with Crippen molar-refractivity contribution in [2.24, 2.45) is 0 Å². The lowest BCUT2D eigenvalue weighted by Gasteiger charge is -2.34. The lowest BCUT2D eigenvalue weighted by molar-refractivity contribution is 0.102. The third-order valence-electron chi connectivity index (χ3n) is 7.93. The first-order chi connectivity index (χ1) is 20.3. The van der Waals surface area contributed by atoms with Gasteiger partial charge >= 0.3 is 12.1 Å². The Kier molecular flexibility index (Phi) is 8.77. The summed E-state index contributed by atoms with van der Waals surface area (Å²) < 4.78 is 6.39. The van der Waals surface area contributed by atoms with Crippen LogP contribution in [-0.2, 0) is 24.2 Å². The zero-order chi connectivity index (χ0) is 29.8. The second-order valence-corrected chi connectivity index (χ2v) is 10.5. The molecule has 3 aromatic rings. The van der Waals surface area contributed by atoms with Crippen molar-refractivity contribution in [3.63, 3.8) is 0 Å². The molecule has 2 aliphatic heterocycles. The average Bonchev–Trinajstić information content (AvgIpc) is 3.59. The molecule has 11 nitrogen and oxygen atoms in total. The highest BCUT2D eigenvalue weighted by Crippen LogP contribution is 2.32. The summed E-state index contributed by atoms with van der Waals surface area (Å²) in [5, 5.41) is 7.29. The van der Waals surface area contributed by atoms with Gasteiger partial charge in [-0.05, 0) is 63.2 Å². The number of carbonyl (C=O) groups excluding carboxylic acids is 3. The Morgan fingerprint density at radius 2 is 1.67 bits per heavy atom. The maximum absolute atomic E-state index is 13.8. The summed E-state index contributed by atoms with van der Waals surface area (Å²) in [6.45, 7) is 10.6. The van der Waals surface area contributed by atoms with Gasteiger partial charge in [0, 0.05) is 55.2 Å². The van der Waals surface area contributed by atoms with Gasteiger partial charge in [0.25, 0.3) is 5.91 Å². The number of benzene rings is 2. The number of carbonyl (C=O) groups is 3. The number of aryl methyl sites for hydroxylation is 1. The van der Waals surface area contributed by atoms with Crippen LogP contribution in [0.2, 0.25) is 0 Å². The van der Waals surface area contributed by atoms with Crippen molar-refractivity contribution in [2.75, 3.05) is 61.5 Å². The molecule has 0 spiro atoms. The van der Waals surface area contributed by atoms with E-state index in [1.54, 1.807) is 28.9 Å². The zero-order valence-electron chi connectivity index (χ0n) is 24.8. The van der Waals surface area contributed by atoms with Crippen LogP contribution in [0.25, 0.3) is 0 Å². The fraction of sp³-hybridized carbons (Fsp3) is 0.419. The molecule has 1 aromatic heterocycles. The predicted octanol–water partition coefficient (Wildman–Crippen LogP) is 4.42. The molecule has 5 rings (SSSR count). The van der Waals surface area contributed by atoms with Crippen LogP contribution in [0.15, 0.2) is 48.5 Å². The number of fused-ring (bicyclic) bond motifs is 1. The summed E-state index contributed by atoms with van der Waals surface area (Å²) in [6.07, 6.45) is 0.147. The van der Waals surface area contributed by atoms with E-state index in [1.807, 2.05) is 43.3 Å². The highest BCUT2D eigenvalue weighted by molar-refractivity contribution is 6.04. The zero-order valence-corrected chi connectivity index (χ0v) is 24.8. The Hall–Kier alpha value is -4.38. The molecule has 0 bridgehead atoms. The van der Waals surface area contributed by atoms with Gasteiger partial charge in [-0.25, -0.2) is 9.59 Å². The fourth-order valence-corrected chi connectivity index (χ4v) is 5.53. The van der Waals surface area contributed by atoms with Crippen molar-refractivity contribution in [1.29, 1.82) is 0 Å². The molecule has 3 amide bonds. The minimum atomic E-state index is -0.649. The number of para-hydroxylation sites is 1. The molecule has 222 valence electrons. The van der Waals surface area contributed by atoms with Gasteiger partial charge in [-0.3, -0.25) is 9.69 Å². The van der Waals surface area contributed by atoms with Crippen molar-refractivity contribution < 1.29 is 19.1 Å². The van der Waals surface area contributed by atoms with E-state index in [0.717, 1.165) is 54.2 Å². The molecule has 11 heteroatoms. The van der Waals surface area contributed by atoms with Crippen molar-refractivity contribution in [3.8, 4) is 0 Å². The van der Waals surface area contributed by atoms with E-state index < -0.39 is 6.09 Å². The topological polar surface area (TPSA) is 103 Å². The number of anilines is 3. The van der Waals surface area contributed by atoms with Gasteiger partial charge in [0.05, 0.1) is 25.4 Å². The van der Waals surface area contributed by atoms with Crippen LogP contribution in [-0.4, -0.2) is 84.0 Å². The first kappa shape index (κ1) is 29.1. The SMILES string of the molecule is CCOC(=O)n1nc(NC(=O)c2ccc(N3CCN(C)CC3)cc2)c2c1CN(C(=O)N(CC)c1ccccc1CC)C2. The van der Waals surface area contributed by atoms with Crippen LogP contribution in [0.4, 0.5) is 26.8 Å². The van der Waals surface area contributed by atoms with Crippen LogP contribution >= 0.6 is 0 Å². The van der Waals surface area contributed by atoms with Gasteiger partial charge in [0.15, 0.2) is 5.82 Å². The van der Waals surface area contributed by atoms with E-state index in [9.17, 15) is 14.4 Å². The molecule has 0 radical (unpaired) electrons. The maximum Gasteiger partial charge on any atom is 0.435 e. The molecule has 0 atom stereocenters. The second-order valence-electron chi connectivity index (χ2n) is 10.5. The number of aromatic nitrogens is 2. The molecule has 42 heavy (non-hydrogen) atoms. The summed E-state index contributed by atoms with van der Waals surface area (Å²) >= 11 is 0. The molecule has 1 N–H and O–H groups in total. The van der Waals surface area contributed by atoms with E-state index in [1.165, 1.54) is 0 Å². The van der Waals surface area contributed by atoms with Crippen LogP contribution in [0.5, 0.6) is 0 Å². The summed E-state index contributed by atoms with van der Waals surface area (Å²) in [6, 6.07) is 15.2. The first-order valence-electron chi connectivity index (χ1n) is 14.6. The smallest absolute Gasteiger partial charge is 0.435 e. The Morgan fingerprint density at radius 1 is 0.952 bits per heavy atom. The number of hydrogen-bond donors (Lipinski definition) is 1. The molecule has 0 unspecified atom stereocenters. The molecule has 3 heterocycles. The van der Waals surface area contributed by atoms with E-state index >= 15 is 0 Å².